The molecule has 5 N–H and O–H groups in total. The van der Waals surface area contributed by atoms with Gasteiger partial charge in [-0.1, -0.05) is 0 Å². The number of hydrogen-bond acceptors (Lipinski definition) is 4. The quantitative estimate of drug-likeness (QED) is 0.237. The average Bonchev–Trinajstić information content (AvgIpc) is 2.40. The summed E-state index contributed by atoms with van der Waals surface area (Å²) >= 11 is 4.67. The molecule has 0 spiro atoms. The summed E-state index contributed by atoms with van der Waals surface area (Å²) in [5, 5.41) is 12.6. The molecule has 0 aliphatic rings. The van der Waals surface area contributed by atoms with E-state index >= 15 is 0 Å². The lowest BCUT2D eigenvalue weighted by Gasteiger charge is -2.00. The molecule has 7 heteroatoms. The van der Waals surface area contributed by atoms with E-state index in [4.69, 9.17) is 5.84 Å². The minimum atomic E-state index is 0.300. The van der Waals surface area contributed by atoms with E-state index in [1.807, 2.05) is 0 Å². The van der Waals surface area contributed by atoms with Crippen molar-refractivity contribution in [2.75, 3.05) is 5.32 Å². The van der Waals surface area contributed by atoms with Gasteiger partial charge in [0.15, 0.2) is 10.9 Å². The average molecular weight is 158 g/mol. The number of aromatic amines is 1. The highest BCUT2D eigenvalue weighted by molar-refractivity contribution is 7.80. The van der Waals surface area contributed by atoms with Gasteiger partial charge in [0.1, 0.15) is 0 Å². The number of nitrogens with one attached hydrogen (secondary N) is 3. The van der Waals surface area contributed by atoms with Crippen molar-refractivity contribution in [3.05, 3.63) is 6.20 Å². The predicted octanol–water partition coefficient (Wildman–Crippen LogP) is -1.04. The van der Waals surface area contributed by atoms with E-state index in [-0.39, 0.29) is 0 Å². The summed E-state index contributed by atoms with van der Waals surface area (Å²) in [4.78, 5) is 0. The van der Waals surface area contributed by atoms with Crippen LogP contribution in [0.3, 0.4) is 0 Å². The molecule has 0 aliphatic carbocycles. The normalized spacial score (nSPS) is 8.90. The number of nitrogens with zero attached hydrogens (tertiary/aromatic N) is 2. The van der Waals surface area contributed by atoms with Gasteiger partial charge in [-0.3, -0.25) is 0 Å². The number of thiocarbonyl (C=S) groups is 1. The van der Waals surface area contributed by atoms with E-state index in [1.54, 1.807) is 0 Å². The van der Waals surface area contributed by atoms with Crippen LogP contribution in [0.2, 0.25) is 0 Å². The van der Waals surface area contributed by atoms with Crippen LogP contribution < -0.4 is 16.6 Å². The van der Waals surface area contributed by atoms with Crippen LogP contribution in [0.4, 0.5) is 5.82 Å². The number of hydrazine groups is 1. The van der Waals surface area contributed by atoms with Crippen LogP contribution in [-0.2, 0) is 0 Å². The molecule has 0 saturated heterocycles. The summed E-state index contributed by atoms with van der Waals surface area (Å²) in [6.07, 6.45) is 1.49. The van der Waals surface area contributed by atoms with Gasteiger partial charge in [0.05, 0.1) is 6.20 Å². The van der Waals surface area contributed by atoms with Gasteiger partial charge in [-0.05, 0) is 12.2 Å². The van der Waals surface area contributed by atoms with Crippen LogP contribution in [0, 0.1) is 0 Å². The third-order valence-corrected chi connectivity index (χ3v) is 1.01. The maximum absolute atomic E-state index is 4.98. The van der Waals surface area contributed by atoms with Crippen LogP contribution in [0.25, 0.3) is 0 Å². The zero-order valence-corrected chi connectivity index (χ0v) is 5.77. The summed E-state index contributed by atoms with van der Waals surface area (Å²) in [6, 6.07) is 0. The van der Waals surface area contributed by atoms with Crippen LogP contribution in [-0.4, -0.2) is 20.5 Å². The van der Waals surface area contributed by atoms with Crippen molar-refractivity contribution < 1.29 is 0 Å². The molecule has 0 unspecified atom stereocenters. The first-order valence-corrected chi connectivity index (χ1v) is 2.87. The molecule has 6 nitrogen and oxygen atoms in total. The SMILES string of the molecule is NNC(=S)Nc1cn[nH]n1. The fraction of sp³-hybridized carbons (Fsp3) is 0. The number of anilines is 1. The zero-order valence-electron chi connectivity index (χ0n) is 4.96. The van der Waals surface area contributed by atoms with E-state index in [0.29, 0.717) is 10.9 Å². The lowest BCUT2D eigenvalue weighted by molar-refractivity contribution is 0.941. The molecule has 1 aromatic rings. The molecule has 54 valence electrons. The molecule has 1 heterocycles. The molecule has 0 saturated carbocycles. The molecule has 10 heavy (non-hydrogen) atoms. The van der Waals surface area contributed by atoms with Gasteiger partial charge in [0, 0.05) is 0 Å². The van der Waals surface area contributed by atoms with Crippen LogP contribution in [0.5, 0.6) is 0 Å². The third-order valence-electron chi connectivity index (χ3n) is 0.788. The first kappa shape index (κ1) is 6.90. The lowest BCUT2D eigenvalue weighted by Crippen LogP contribution is -2.34. The number of hydrogen-bond donors (Lipinski definition) is 4. The highest BCUT2D eigenvalue weighted by Crippen LogP contribution is 1.93. The molecule has 0 bridgehead atoms. The van der Waals surface area contributed by atoms with Gasteiger partial charge in [-0.2, -0.15) is 10.3 Å². The number of nitrogens with two attached hydrogens (primary N) is 1. The molecular formula is C3H6N6S. The molecule has 1 rings (SSSR count). The fourth-order valence-electron chi connectivity index (χ4n) is 0.414. The van der Waals surface area contributed by atoms with E-state index < -0.39 is 0 Å². The summed E-state index contributed by atoms with van der Waals surface area (Å²) in [5.41, 5.74) is 2.24. The van der Waals surface area contributed by atoms with Crippen molar-refractivity contribution in [2.45, 2.75) is 0 Å². The highest BCUT2D eigenvalue weighted by Gasteiger charge is 1.94. The molecular weight excluding hydrogens is 152 g/mol. The molecule has 0 radical (unpaired) electrons. The van der Waals surface area contributed by atoms with Gasteiger partial charge in [0.25, 0.3) is 0 Å². The van der Waals surface area contributed by atoms with Gasteiger partial charge in [-0.15, -0.1) is 5.10 Å². The van der Waals surface area contributed by atoms with Crippen molar-refractivity contribution in [3.8, 4) is 0 Å². The van der Waals surface area contributed by atoms with Crippen molar-refractivity contribution in [1.29, 1.82) is 0 Å². The van der Waals surface area contributed by atoms with Crippen molar-refractivity contribution in [1.82, 2.24) is 20.8 Å². The third kappa shape index (κ3) is 1.64. The minimum Gasteiger partial charge on any atom is -0.314 e. The summed E-state index contributed by atoms with van der Waals surface area (Å²) in [6.45, 7) is 0. The second-order valence-electron chi connectivity index (χ2n) is 1.45. The topological polar surface area (TPSA) is 91.6 Å². The van der Waals surface area contributed by atoms with Crippen molar-refractivity contribution >= 4 is 23.1 Å². The molecule has 0 atom stereocenters. The molecule has 0 aliphatic heterocycles. The minimum absolute atomic E-state index is 0.300. The summed E-state index contributed by atoms with van der Waals surface area (Å²) < 4.78 is 0. The van der Waals surface area contributed by atoms with Gasteiger partial charge in [0.2, 0.25) is 0 Å². The van der Waals surface area contributed by atoms with Crippen molar-refractivity contribution in [2.24, 2.45) is 5.84 Å². The Balaban J connectivity index is 2.48. The Morgan fingerprint density at radius 3 is 3.10 bits per heavy atom. The lowest BCUT2D eigenvalue weighted by atomic mass is 10.7. The Kier molecular flexibility index (Phi) is 2.13. The standard InChI is InChI=1S/C3H6N6S/c4-7-3(10)6-2-1-5-9-8-2/h1H,4H2,(H3,5,6,7,8,9,10). The Morgan fingerprint density at radius 1 is 1.80 bits per heavy atom. The number of H-pyrrole nitrogens is 1. The zero-order chi connectivity index (χ0) is 7.40. The number of aromatic nitrogens is 3. The van der Waals surface area contributed by atoms with E-state index in [1.165, 1.54) is 6.20 Å². The maximum atomic E-state index is 4.98. The predicted molar refractivity (Wildman–Crippen MR) is 39.9 cm³/mol. The first-order valence-electron chi connectivity index (χ1n) is 2.46. The van der Waals surface area contributed by atoms with Gasteiger partial charge in [-0.25, -0.2) is 5.84 Å². The smallest absolute Gasteiger partial charge is 0.186 e. The fourth-order valence-corrected chi connectivity index (χ4v) is 0.519. The van der Waals surface area contributed by atoms with Gasteiger partial charge < -0.3 is 10.7 Å². The summed E-state index contributed by atoms with van der Waals surface area (Å²) in [5.74, 6) is 5.51. The Bertz CT molecular complexity index is 205. The van der Waals surface area contributed by atoms with E-state index in [2.05, 4.69) is 38.4 Å². The Hall–Kier alpha value is -1.21. The molecule has 0 fully saturated rings. The highest BCUT2D eigenvalue weighted by atomic mass is 32.1. The molecule has 1 aromatic heterocycles. The number of rotatable bonds is 1. The van der Waals surface area contributed by atoms with E-state index in [9.17, 15) is 0 Å². The van der Waals surface area contributed by atoms with Crippen LogP contribution in [0.1, 0.15) is 0 Å². The van der Waals surface area contributed by atoms with Gasteiger partial charge >= 0.3 is 0 Å². The summed E-state index contributed by atoms with van der Waals surface area (Å²) in [7, 11) is 0. The molecule has 0 amide bonds. The monoisotopic (exact) mass is 158 g/mol. The second-order valence-corrected chi connectivity index (χ2v) is 1.86. The van der Waals surface area contributed by atoms with E-state index in [0.717, 1.165) is 0 Å². The second kappa shape index (κ2) is 3.08. The molecule has 0 aromatic carbocycles. The largest absolute Gasteiger partial charge is 0.314 e. The maximum Gasteiger partial charge on any atom is 0.186 e. The van der Waals surface area contributed by atoms with Crippen molar-refractivity contribution in [3.63, 3.8) is 0 Å². The van der Waals surface area contributed by atoms with Crippen LogP contribution >= 0.6 is 12.2 Å². The Labute approximate surface area is 62.2 Å². The van der Waals surface area contributed by atoms with Crippen LogP contribution in [0.15, 0.2) is 6.20 Å². The Morgan fingerprint density at radius 2 is 2.60 bits per heavy atom. The first-order chi connectivity index (χ1) is 4.83.